The SMILES string of the molecule is O=C(/C=C/c1ccc(-n2ccnc2)cc1)N1CCC[C@@H]1c1cccc(F)c1. The van der Waals surface area contributed by atoms with Gasteiger partial charge in [0.05, 0.1) is 12.4 Å². The molecule has 1 fully saturated rings. The topological polar surface area (TPSA) is 38.1 Å². The van der Waals surface area contributed by atoms with Crippen LogP contribution in [0.3, 0.4) is 0 Å². The summed E-state index contributed by atoms with van der Waals surface area (Å²) in [6.07, 6.45) is 10.6. The maximum absolute atomic E-state index is 13.5. The van der Waals surface area contributed by atoms with Gasteiger partial charge in [-0.2, -0.15) is 0 Å². The Morgan fingerprint density at radius 3 is 2.78 bits per heavy atom. The van der Waals surface area contributed by atoms with Crippen molar-refractivity contribution in [2.45, 2.75) is 18.9 Å². The van der Waals surface area contributed by atoms with E-state index in [2.05, 4.69) is 4.98 Å². The van der Waals surface area contributed by atoms with Crippen molar-refractivity contribution in [2.24, 2.45) is 0 Å². The molecule has 2 heterocycles. The molecule has 0 N–H and O–H groups in total. The van der Waals surface area contributed by atoms with Crippen LogP contribution in [-0.4, -0.2) is 26.9 Å². The molecule has 27 heavy (non-hydrogen) atoms. The molecular weight excluding hydrogens is 341 g/mol. The molecule has 1 aliphatic heterocycles. The molecule has 1 aromatic heterocycles. The van der Waals surface area contributed by atoms with E-state index >= 15 is 0 Å². The lowest BCUT2D eigenvalue weighted by Gasteiger charge is -2.24. The van der Waals surface area contributed by atoms with Crippen molar-refractivity contribution in [3.63, 3.8) is 0 Å². The van der Waals surface area contributed by atoms with Crippen LogP contribution >= 0.6 is 0 Å². The third-order valence-corrected chi connectivity index (χ3v) is 4.88. The summed E-state index contributed by atoms with van der Waals surface area (Å²) in [5, 5.41) is 0. The fraction of sp³-hybridized carbons (Fsp3) is 0.182. The molecule has 0 radical (unpaired) electrons. The van der Waals surface area contributed by atoms with E-state index in [0.717, 1.165) is 29.7 Å². The number of halogens is 1. The third kappa shape index (κ3) is 3.82. The van der Waals surface area contributed by atoms with Crippen molar-refractivity contribution >= 4 is 12.0 Å². The van der Waals surface area contributed by atoms with E-state index in [9.17, 15) is 9.18 Å². The molecule has 4 rings (SSSR count). The highest BCUT2D eigenvalue weighted by Gasteiger charge is 2.28. The highest BCUT2D eigenvalue weighted by molar-refractivity contribution is 5.92. The van der Waals surface area contributed by atoms with Crippen LogP contribution in [0.25, 0.3) is 11.8 Å². The number of rotatable bonds is 4. The monoisotopic (exact) mass is 361 g/mol. The number of carbonyl (C=O) groups is 1. The van der Waals surface area contributed by atoms with Gasteiger partial charge >= 0.3 is 0 Å². The Hall–Kier alpha value is -3.21. The smallest absolute Gasteiger partial charge is 0.247 e. The molecule has 0 saturated carbocycles. The molecule has 0 bridgehead atoms. The van der Waals surface area contributed by atoms with Crippen LogP contribution < -0.4 is 0 Å². The van der Waals surface area contributed by atoms with Crippen LogP contribution in [0.15, 0.2) is 73.3 Å². The second-order valence-corrected chi connectivity index (χ2v) is 6.64. The van der Waals surface area contributed by atoms with Crippen molar-refractivity contribution in [1.29, 1.82) is 0 Å². The van der Waals surface area contributed by atoms with Gasteiger partial charge in [-0.1, -0.05) is 24.3 Å². The molecule has 1 aliphatic rings. The molecule has 0 aliphatic carbocycles. The largest absolute Gasteiger partial charge is 0.332 e. The average Bonchev–Trinajstić information content (AvgIpc) is 3.38. The highest BCUT2D eigenvalue weighted by Crippen LogP contribution is 2.32. The summed E-state index contributed by atoms with van der Waals surface area (Å²) in [5.41, 5.74) is 2.83. The maximum atomic E-state index is 13.5. The van der Waals surface area contributed by atoms with Crippen LogP contribution in [-0.2, 0) is 4.79 Å². The molecule has 0 spiro atoms. The predicted octanol–water partition coefficient (Wildman–Crippen LogP) is 4.39. The van der Waals surface area contributed by atoms with E-state index in [0.29, 0.717) is 6.54 Å². The summed E-state index contributed by atoms with van der Waals surface area (Å²) >= 11 is 0. The predicted molar refractivity (Wildman–Crippen MR) is 103 cm³/mol. The van der Waals surface area contributed by atoms with Gasteiger partial charge in [0, 0.05) is 30.7 Å². The summed E-state index contributed by atoms with van der Waals surface area (Å²) in [6, 6.07) is 14.4. The highest BCUT2D eigenvalue weighted by atomic mass is 19.1. The summed E-state index contributed by atoms with van der Waals surface area (Å²) in [7, 11) is 0. The molecule has 136 valence electrons. The zero-order valence-electron chi connectivity index (χ0n) is 14.8. The number of hydrogen-bond acceptors (Lipinski definition) is 2. The normalized spacial score (nSPS) is 16.9. The number of benzene rings is 2. The van der Waals surface area contributed by atoms with Crippen LogP contribution in [0.1, 0.15) is 30.0 Å². The van der Waals surface area contributed by atoms with Gasteiger partial charge in [0.1, 0.15) is 5.82 Å². The fourth-order valence-corrected chi connectivity index (χ4v) is 3.52. The first kappa shape index (κ1) is 17.2. The van der Waals surface area contributed by atoms with E-state index < -0.39 is 0 Å². The number of hydrogen-bond donors (Lipinski definition) is 0. The number of nitrogens with zero attached hydrogens (tertiary/aromatic N) is 3. The Morgan fingerprint density at radius 2 is 2.04 bits per heavy atom. The molecule has 1 saturated heterocycles. The van der Waals surface area contributed by atoms with E-state index in [4.69, 9.17) is 0 Å². The van der Waals surface area contributed by atoms with E-state index in [1.54, 1.807) is 24.7 Å². The first-order chi connectivity index (χ1) is 13.2. The molecule has 0 unspecified atom stereocenters. The molecular formula is C22H20FN3O. The lowest BCUT2D eigenvalue weighted by molar-refractivity contribution is -0.126. The van der Waals surface area contributed by atoms with Gasteiger partial charge in [-0.05, 0) is 54.3 Å². The Bertz CT molecular complexity index is 948. The minimum absolute atomic E-state index is 0.0413. The lowest BCUT2D eigenvalue weighted by atomic mass is 10.0. The van der Waals surface area contributed by atoms with Crippen LogP contribution in [0.4, 0.5) is 4.39 Å². The van der Waals surface area contributed by atoms with Crippen molar-refractivity contribution in [3.8, 4) is 5.69 Å². The van der Waals surface area contributed by atoms with E-state index in [1.165, 1.54) is 12.1 Å². The summed E-state index contributed by atoms with van der Waals surface area (Å²) in [6.45, 7) is 0.698. The molecule has 3 aromatic rings. The van der Waals surface area contributed by atoms with Crippen LogP contribution in [0.5, 0.6) is 0 Å². The van der Waals surface area contributed by atoms with Crippen molar-refractivity contribution < 1.29 is 9.18 Å². The Labute approximate surface area is 157 Å². The van der Waals surface area contributed by atoms with Gasteiger partial charge in [0.2, 0.25) is 5.91 Å². The first-order valence-corrected chi connectivity index (χ1v) is 9.03. The second-order valence-electron chi connectivity index (χ2n) is 6.64. The number of amides is 1. The maximum Gasteiger partial charge on any atom is 0.247 e. The summed E-state index contributed by atoms with van der Waals surface area (Å²) in [4.78, 5) is 18.5. The molecule has 1 atom stereocenters. The van der Waals surface area contributed by atoms with Gasteiger partial charge in [0.25, 0.3) is 0 Å². The number of aromatic nitrogens is 2. The van der Waals surface area contributed by atoms with Crippen LogP contribution in [0, 0.1) is 5.82 Å². The van der Waals surface area contributed by atoms with E-state index in [1.807, 2.05) is 52.1 Å². The minimum Gasteiger partial charge on any atom is -0.332 e. The Morgan fingerprint density at radius 1 is 1.19 bits per heavy atom. The fourth-order valence-electron chi connectivity index (χ4n) is 3.52. The Balaban J connectivity index is 1.46. The number of imidazole rings is 1. The number of carbonyl (C=O) groups excluding carboxylic acids is 1. The molecule has 5 heteroatoms. The van der Waals surface area contributed by atoms with Gasteiger partial charge in [-0.25, -0.2) is 9.37 Å². The zero-order chi connectivity index (χ0) is 18.6. The van der Waals surface area contributed by atoms with Gasteiger partial charge in [0.15, 0.2) is 0 Å². The van der Waals surface area contributed by atoms with Crippen LogP contribution in [0.2, 0.25) is 0 Å². The molecule has 1 amide bonds. The molecule has 2 aromatic carbocycles. The van der Waals surface area contributed by atoms with E-state index in [-0.39, 0.29) is 17.8 Å². The summed E-state index contributed by atoms with van der Waals surface area (Å²) < 4.78 is 15.5. The zero-order valence-corrected chi connectivity index (χ0v) is 14.8. The first-order valence-electron chi connectivity index (χ1n) is 9.03. The standard InChI is InChI=1S/C22H20FN3O/c23-19-4-1-3-18(15-19)21-5-2-13-26(21)22(27)11-8-17-6-9-20(10-7-17)25-14-12-24-16-25/h1,3-4,6-12,14-16,21H,2,5,13H2/b11-8+/t21-/m1/s1. The average molecular weight is 361 g/mol. The minimum atomic E-state index is -0.264. The van der Waals surface area contributed by atoms with Gasteiger partial charge in [-0.3, -0.25) is 4.79 Å². The number of likely N-dealkylation sites (tertiary alicyclic amines) is 1. The Kier molecular flexibility index (Phi) is 4.83. The van der Waals surface area contributed by atoms with Gasteiger partial charge in [-0.15, -0.1) is 0 Å². The lowest BCUT2D eigenvalue weighted by Crippen LogP contribution is -2.28. The summed E-state index contributed by atoms with van der Waals surface area (Å²) in [5.74, 6) is -0.305. The van der Waals surface area contributed by atoms with Crippen molar-refractivity contribution in [1.82, 2.24) is 14.5 Å². The van der Waals surface area contributed by atoms with Gasteiger partial charge < -0.3 is 9.47 Å². The second kappa shape index (κ2) is 7.58. The molecule has 4 nitrogen and oxygen atoms in total. The van der Waals surface area contributed by atoms with Crippen molar-refractivity contribution in [3.05, 3.63) is 90.3 Å². The quantitative estimate of drug-likeness (QED) is 0.647. The van der Waals surface area contributed by atoms with Crippen molar-refractivity contribution in [2.75, 3.05) is 6.54 Å². The third-order valence-electron chi connectivity index (χ3n) is 4.88.